The molecule has 1 aliphatic heterocycles. The van der Waals surface area contributed by atoms with Crippen LogP contribution in [0.2, 0.25) is 0 Å². The zero-order valence-electron chi connectivity index (χ0n) is 7.15. The quantitative estimate of drug-likeness (QED) is 0.601. The second-order valence-corrected chi connectivity index (χ2v) is 2.78. The molecule has 13 heavy (non-hydrogen) atoms. The molecule has 1 rings (SSSR count). The van der Waals surface area contributed by atoms with Crippen molar-refractivity contribution in [3.63, 3.8) is 0 Å². The number of amides is 1. The van der Waals surface area contributed by atoms with Gasteiger partial charge in [0.05, 0.1) is 13.2 Å². The van der Waals surface area contributed by atoms with Crippen LogP contribution < -0.4 is 0 Å². The average Bonchev–Trinajstić information content (AvgIpc) is 2.08. The predicted molar refractivity (Wildman–Crippen MR) is 44.2 cm³/mol. The van der Waals surface area contributed by atoms with Crippen molar-refractivity contribution in [1.29, 1.82) is 0 Å². The molecule has 0 spiro atoms. The number of carbonyl (C=O) groups excluding carboxylic acids is 1. The summed E-state index contributed by atoms with van der Waals surface area (Å²) in [6, 6.07) is 0. The Morgan fingerprint density at radius 1 is 1.69 bits per heavy atom. The lowest BCUT2D eigenvalue weighted by molar-refractivity contribution is -0.142. The first-order chi connectivity index (χ1) is 6.11. The second-order valence-electron chi connectivity index (χ2n) is 2.78. The van der Waals surface area contributed by atoms with E-state index >= 15 is 0 Å². The highest BCUT2D eigenvalue weighted by molar-refractivity contribution is 5.87. The van der Waals surface area contributed by atoms with Crippen molar-refractivity contribution in [2.45, 2.75) is 0 Å². The largest absolute Gasteiger partial charge is 0.478 e. The second kappa shape index (κ2) is 4.04. The maximum absolute atomic E-state index is 11.1. The third-order valence-corrected chi connectivity index (χ3v) is 1.77. The van der Waals surface area contributed by atoms with Crippen molar-refractivity contribution in [1.82, 2.24) is 4.90 Å². The van der Waals surface area contributed by atoms with Gasteiger partial charge in [-0.3, -0.25) is 4.79 Å². The van der Waals surface area contributed by atoms with Crippen LogP contribution in [0.25, 0.3) is 0 Å². The van der Waals surface area contributed by atoms with Gasteiger partial charge in [-0.15, -0.1) is 0 Å². The number of carboxylic acids is 1. The van der Waals surface area contributed by atoms with Crippen LogP contribution in [0.3, 0.4) is 0 Å². The number of ether oxygens (including phenoxy) is 1. The summed E-state index contributed by atoms with van der Waals surface area (Å²) in [6.45, 7) is 4.36. The highest BCUT2D eigenvalue weighted by Gasteiger charge is 2.20. The van der Waals surface area contributed by atoms with E-state index in [0.717, 1.165) is 0 Å². The van der Waals surface area contributed by atoms with Crippen molar-refractivity contribution < 1.29 is 19.4 Å². The van der Waals surface area contributed by atoms with E-state index in [0.29, 0.717) is 13.2 Å². The molecular formula is C8H11NO4. The van der Waals surface area contributed by atoms with Crippen molar-refractivity contribution in [3.05, 3.63) is 12.2 Å². The Morgan fingerprint density at radius 3 is 2.92 bits per heavy atom. The van der Waals surface area contributed by atoms with E-state index in [-0.39, 0.29) is 24.6 Å². The van der Waals surface area contributed by atoms with Gasteiger partial charge in [-0.05, 0) is 0 Å². The first-order valence-corrected chi connectivity index (χ1v) is 3.88. The summed E-state index contributed by atoms with van der Waals surface area (Å²) in [4.78, 5) is 23.0. The SMILES string of the molecule is C=C(CN1CCOCC1=O)C(=O)O. The topological polar surface area (TPSA) is 66.8 Å². The maximum atomic E-state index is 11.1. The number of carboxylic acid groups (broad SMARTS) is 1. The van der Waals surface area contributed by atoms with E-state index in [9.17, 15) is 9.59 Å². The molecule has 1 heterocycles. The molecule has 0 atom stereocenters. The molecule has 1 amide bonds. The zero-order chi connectivity index (χ0) is 9.84. The van der Waals surface area contributed by atoms with Crippen LogP contribution in [0.4, 0.5) is 0 Å². The Bertz CT molecular complexity index is 249. The van der Waals surface area contributed by atoms with Crippen LogP contribution in [0.15, 0.2) is 12.2 Å². The minimum atomic E-state index is -1.07. The molecule has 0 aromatic heterocycles. The first-order valence-electron chi connectivity index (χ1n) is 3.88. The highest BCUT2D eigenvalue weighted by atomic mass is 16.5. The minimum Gasteiger partial charge on any atom is -0.478 e. The van der Waals surface area contributed by atoms with Crippen LogP contribution in [0.5, 0.6) is 0 Å². The van der Waals surface area contributed by atoms with Gasteiger partial charge in [-0.25, -0.2) is 4.79 Å². The molecular weight excluding hydrogens is 174 g/mol. The molecule has 0 unspecified atom stereocenters. The van der Waals surface area contributed by atoms with Gasteiger partial charge in [-0.1, -0.05) is 6.58 Å². The molecule has 5 nitrogen and oxygen atoms in total. The fraction of sp³-hybridized carbons (Fsp3) is 0.500. The van der Waals surface area contributed by atoms with Gasteiger partial charge in [0.2, 0.25) is 5.91 Å². The van der Waals surface area contributed by atoms with Gasteiger partial charge in [-0.2, -0.15) is 0 Å². The van der Waals surface area contributed by atoms with Gasteiger partial charge in [0, 0.05) is 12.1 Å². The molecule has 0 bridgehead atoms. The number of carbonyl (C=O) groups is 2. The molecule has 72 valence electrons. The lowest BCUT2D eigenvalue weighted by atomic mass is 10.2. The van der Waals surface area contributed by atoms with Crippen LogP contribution in [0.1, 0.15) is 0 Å². The van der Waals surface area contributed by atoms with E-state index in [1.807, 2.05) is 0 Å². The van der Waals surface area contributed by atoms with E-state index in [1.54, 1.807) is 0 Å². The molecule has 1 fully saturated rings. The van der Waals surface area contributed by atoms with Gasteiger partial charge in [0.15, 0.2) is 0 Å². The molecule has 1 aliphatic rings. The summed E-state index contributed by atoms with van der Waals surface area (Å²) < 4.78 is 4.89. The summed E-state index contributed by atoms with van der Waals surface area (Å²) in [6.07, 6.45) is 0. The molecule has 0 aromatic rings. The lowest BCUT2D eigenvalue weighted by Gasteiger charge is -2.26. The predicted octanol–water partition coefficient (Wildman–Crippen LogP) is -0.514. The Morgan fingerprint density at radius 2 is 2.38 bits per heavy atom. The van der Waals surface area contributed by atoms with Crippen LogP contribution in [-0.2, 0) is 14.3 Å². The zero-order valence-corrected chi connectivity index (χ0v) is 7.15. The van der Waals surface area contributed by atoms with Crippen LogP contribution in [-0.4, -0.2) is 48.2 Å². The van der Waals surface area contributed by atoms with Crippen molar-refractivity contribution in [3.8, 4) is 0 Å². The summed E-state index contributed by atoms with van der Waals surface area (Å²) >= 11 is 0. The van der Waals surface area contributed by atoms with E-state index in [4.69, 9.17) is 9.84 Å². The van der Waals surface area contributed by atoms with Crippen molar-refractivity contribution in [2.24, 2.45) is 0 Å². The number of aliphatic carboxylic acids is 1. The van der Waals surface area contributed by atoms with Gasteiger partial charge in [0.25, 0.3) is 0 Å². The third kappa shape index (κ3) is 2.55. The molecule has 0 saturated carbocycles. The fourth-order valence-electron chi connectivity index (χ4n) is 1.02. The van der Waals surface area contributed by atoms with Gasteiger partial charge >= 0.3 is 5.97 Å². The number of morpholine rings is 1. The Balaban J connectivity index is 2.47. The first kappa shape index (κ1) is 9.73. The molecule has 1 saturated heterocycles. The smallest absolute Gasteiger partial charge is 0.332 e. The summed E-state index contributed by atoms with van der Waals surface area (Å²) in [7, 11) is 0. The molecule has 0 aliphatic carbocycles. The molecule has 5 heteroatoms. The van der Waals surface area contributed by atoms with Crippen molar-refractivity contribution in [2.75, 3.05) is 26.3 Å². The fourth-order valence-corrected chi connectivity index (χ4v) is 1.02. The molecule has 0 radical (unpaired) electrons. The van der Waals surface area contributed by atoms with Crippen LogP contribution >= 0.6 is 0 Å². The average molecular weight is 185 g/mol. The van der Waals surface area contributed by atoms with E-state index in [1.165, 1.54) is 4.90 Å². The third-order valence-electron chi connectivity index (χ3n) is 1.77. The Hall–Kier alpha value is -1.36. The van der Waals surface area contributed by atoms with Crippen LogP contribution in [0, 0.1) is 0 Å². The van der Waals surface area contributed by atoms with E-state index in [2.05, 4.69) is 6.58 Å². The van der Waals surface area contributed by atoms with E-state index < -0.39 is 5.97 Å². The Kier molecular flexibility index (Phi) is 3.02. The summed E-state index contributed by atoms with van der Waals surface area (Å²) in [5, 5.41) is 8.53. The summed E-state index contributed by atoms with van der Waals surface area (Å²) in [5.41, 5.74) is 0.0234. The van der Waals surface area contributed by atoms with Gasteiger partial charge in [0.1, 0.15) is 6.61 Å². The molecule has 0 aromatic carbocycles. The van der Waals surface area contributed by atoms with Crippen molar-refractivity contribution >= 4 is 11.9 Å². The number of hydrogen-bond acceptors (Lipinski definition) is 3. The maximum Gasteiger partial charge on any atom is 0.332 e. The minimum absolute atomic E-state index is 0.0234. The number of nitrogens with zero attached hydrogens (tertiary/aromatic N) is 1. The lowest BCUT2D eigenvalue weighted by Crippen LogP contribution is -2.43. The number of rotatable bonds is 3. The highest BCUT2D eigenvalue weighted by Crippen LogP contribution is 2.02. The van der Waals surface area contributed by atoms with Gasteiger partial charge < -0.3 is 14.7 Å². The summed E-state index contributed by atoms with van der Waals surface area (Å²) in [5.74, 6) is -1.26. The standard InChI is InChI=1S/C8H11NO4/c1-6(8(11)12)4-9-2-3-13-5-7(9)10/h1-5H2,(H,11,12). The normalized spacial score (nSPS) is 17.2. The Labute approximate surface area is 75.6 Å². The number of hydrogen-bond donors (Lipinski definition) is 1. The molecule has 1 N–H and O–H groups in total. The monoisotopic (exact) mass is 185 g/mol.